The number of nitrogens with zero attached hydrogens (tertiary/aromatic N) is 2. The average molecular weight is 368 g/mol. The molecule has 0 radical (unpaired) electrons. The number of aliphatic carboxylic acids is 1. The molecule has 1 heterocycles. The van der Waals surface area contributed by atoms with Crippen LogP contribution in [0.25, 0.3) is 17.1 Å². The van der Waals surface area contributed by atoms with Crippen molar-refractivity contribution in [2.75, 3.05) is 0 Å². The number of benzene rings is 3. The Morgan fingerprint density at radius 3 is 2.36 bits per heavy atom. The Bertz CT molecular complexity index is 1130. The van der Waals surface area contributed by atoms with Gasteiger partial charge >= 0.3 is 5.97 Å². The van der Waals surface area contributed by atoms with Gasteiger partial charge in [0.15, 0.2) is 0 Å². The summed E-state index contributed by atoms with van der Waals surface area (Å²) >= 11 is 0. The van der Waals surface area contributed by atoms with Crippen LogP contribution in [0.15, 0.2) is 84.9 Å². The molecule has 4 nitrogen and oxygen atoms in total. The van der Waals surface area contributed by atoms with Gasteiger partial charge in [0, 0.05) is 19.0 Å². The minimum Gasteiger partial charge on any atom is -0.478 e. The highest BCUT2D eigenvalue weighted by atomic mass is 16.4. The summed E-state index contributed by atoms with van der Waals surface area (Å²) in [5.41, 5.74) is 5.36. The van der Waals surface area contributed by atoms with Crippen LogP contribution in [-0.4, -0.2) is 20.6 Å². The Morgan fingerprint density at radius 2 is 1.61 bits per heavy atom. The van der Waals surface area contributed by atoms with Gasteiger partial charge in [-0.2, -0.15) is 0 Å². The van der Waals surface area contributed by atoms with E-state index in [9.17, 15) is 4.79 Å². The smallest absolute Gasteiger partial charge is 0.328 e. The Kier molecular flexibility index (Phi) is 5.02. The summed E-state index contributed by atoms with van der Waals surface area (Å²) in [6, 6.07) is 26.5. The molecule has 0 aliphatic carbocycles. The quantitative estimate of drug-likeness (QED) is 0.499. The van der Waals surface area contributed by atoms with Crippen molar-refractivity contribution in [3.63, 3.8) is 0 Å². The van der Waals surface area contributed by atoms with E-state index < -0.39 is 5.97 Å². The number of carboxylic acids is 1. The third-order valence-corrected chi connectivity index (χ3v) is 4.68. The van der Waals surface area contributed by atoms with Crippen molar-refractivity contribution in [2.45, 2.75) is 13.0 Å². The van der Waals surface area contributed by atoms with Crippen LogP contribution in [0.4, 0.5) is 0 Å². The molecular weight excluding hydrogens is 348 g/mol. The Balaban J connectivity index is 1.65. The Morgan fingerprint density at radius 1 is 0.893 bits per heavy atom. The first-order valence-corrected chi connectivity index (χ1v) is 9.17. The van der Waals surface area contributed by atoms with E-state index in [2.05, 4.69) is 34.9 Å². The van der Waals surface area contributed by atoms with Crippen LogP contribution in [0, 0.1) is 0 Å². The topological polar surface area (TPSA) is 55.1 Å². The van der Waals surface area contributed by atoms with E-state index in [0.717, 1.165) is 40.6 Å². The molecule has 1 aromatic heterocycles. The zero-order chi connectivity index (χ0) is 19.3. The van der Waals surface area contributed by atoms with Crippen molar-refractivity contribution in [2.24, 2.45) is 0 Å². The summed E-state index contributed by atoms with van der Waals surface area (Å²) in [7, 11) is 0. The highest BCUT2D eigenvalue weighted by Crippen LogP contribution is 2.20. The van der Waals surface area contributed by atoms with Gasteiger partial charge in [0.1, 0.15) is 5.82 Å². The molecule has 3 aromatic carbocycles. The molecule has 0 aliphatic heterocycles. The van der Waals surface area contributed by atoms with Crippen molar-refractivity contribution >= 4 is 23.1 Å². The maximum absolute atomic E-state index is 10.7. The number of hydrogen-bond acceptors (Lipinski definition) is 2. The van der Waals surface area contributed by atoms with E-state index in [4.69, 9.17) is 10.1 Å². The second-order valence-corrected chi connectivity index (χ2v) is 6.68. The summed E-state index contributed by atoms with van der Waals surface area (Å²) in [5.74, 6) is 0.0672. The second kappa shape index (κ2) is 7.92. The first-order valence-electron chi connectivity index (χ1n) is 9.17. The molecule has 28 heavy (non-hydrogen) atoms. The third-order valence-electron chi connectivity index (χ3n) is 4.68. The number of imidazole rings is 1. The standard InChI is InChI=1S/C24H20N2O2/c27-24(28)15-14-18-10-12-19(13-11-18)16-23-25-21-8-4-5-9-22(21)26(23)17-20-6-2-1-3-7-20/h1-15H,16-17H2,(H,27,28). The molecule has 0 saturated heterocycles. The molecule has 4 rings (SSSR count). The highest BCUT2D eigenvalue weighted by Gasteiger charge is 2.11. The lowest BCUT2D eigenvalue weighted by Crippen LogP contribution is -2.06. The molecule has 0 bridgehead atoms. The Hall–Kier alpha value is -3.66. The summed E-state index contributed by atoms with van der Waals surface area (Å²) in [4.78, 5) is 15.5. The van der Waals surface area contributed by atoms with Crippen molar-refractivity contribution in [3.8, 4) is 0 Å². The van der Waals surface area contributed by atoms with Gasteiger partial charge in [-0.05, 0) is 34.9 Å². The summed E-state index contributed by atoms with van der Waals surface area (Å²) in [6.45, 7) is 0.774. The number of para-hydroxylation sites is 2. The van der Waals surface area contributed by atoms with E-state index in [0.29, 0.717) is 6.42 Å². The van der Waals surface area contributed by atoms with E-state index in [1.807, 2.05) is 48.5 Å². The predicted octanol–water partition coefficient (Wildman–Crippen LogP) is 4.77. The van der Waals surface area contributed by atoms with Gasteiger partial charge in [-0.1, -0.05) is 66.7 Å². The van der Waals surface area contributed by atoms with Gasteiger partial charge in [-0.15, -0.1) is 0 Å². The number of hydrogen-bond donors (Lipinski definition) is 1. The van der Waals surface area contributed by atoms with Crippen LogP contribution < -0.4 is 0 Å². The maximum Gasteiger partial charge on any atom is 0.328 e. The number of fused-ring (bicyclic) bond motifs is 1. The fourth-order valence-electron chi connectivity index (χ4n) is 3.30. The Labute approximate surface area is 163 Å². The molecule has 0 spiro atoms. The van der Waals surface area contributed by atoms with Crippen LogP contribution in [-0.2, 0) is 17.8 Å². The van der Waals surface area contributed by atoms with Crippen LogP contribution in [0.2, 0.25) is 0 Å². The molecule has 1 N–H and O–H groups in total. The zero-order valence-electron chi connectivity index (χ0n) is 15.3. The molecule has 0 saturated carbocycles. The zero-order valence-corrected chi connectivity index (χ0v) is 15.3. The number of rotatable bonds is 6. The molecule has 0 fully saturated rings. The van der Waals surface area contributed by atoms with E-state index in [1.54, 1.807) is 6.08 Å². The number of carbonyl (C=O) groups is 1. The van der Waals surface area contributed by atoms with Gasteiger partial charge < -0.3 is 9.67 Å². The summed E-state index contributed by atoms with van der Waals surface area (Å²) < 4.78 is 2.27. The first-order chi connectivity index (χ1) is 13.7. The van der Waals surface area contributed by atoms with Crippen LogP contribution in [0.3, 0.4) is 0 Å². The van der Waals surface area contributed by atoms with E-state index in [-0.39, 0.29) is 0 Å². The molecule has 0 atom stereocenters. The summed E-state index contributed by atoms with van der Waals surface area (Å²) in [5, 5.41) is 8.75. The van der Waals surface area contributed by atoms with Crippen LogP contribution >= 0.6 is 0 Å². The SMILES string of the molecule is O=C(O)C=Cc1ccc(Cc2nc3ccccc3n2Cc2ccccc2)cc1. The number of aromatic nitrogens is 2. The largest absolute Gasteiger partial charge is 0.478 e. The van der Waals surface area contributed by atoms with Crippen LogP contribution in [0.5, 0.6) is 0 Å². The predicted molar refractivity (Wildman–Crippen MR) is 111 cm³/mol. The first kappa shape index (κ1) is 17.7. The molecule has 0 amide bonds. The monoisotopic (exact) mass is 368 g/mol. The van der Waals surface area contributed by atoms with Gasteiger partial charge in [0.05, 0.1) is 11.0 Å². The molecule has 0 unspecified atom stereocenters. The lowest BCUT2D eigenvalue weighted by atomic mass is 10.1. The van der Waals surface area contributed by atoms with Crippen molar-refractivity contribution in [1.82, 2.24) is 9.55 Å². The van der Waals surface area contributed by atoms with Crippen molar-refractivity contribution in [3.05, 3.63) is 107 Å². The van der Waals surface area contributed by atoms with Crippen molar-refractivity contribution < 1.29 is 9.90 Å². The third kappa shape index (κ3) is 4.01. The minimum atomic E-state index is -0.946. The molecule has 4 aromatic rings. The normalized spacial score (nSPS) is 11.3. The molecule has 0 aliphatic rings. The lowest BCUT2D eigenvalue weighted by molar-refractivity contribution is -0.131. The van der Waals surface area contributed by atoms with Gasteiger partial charge in [-0.3, -0.25) is 0 Å². The fourth-order valence-corrected chi connectivity index (χ4v) is 3.30. The average Bonchev–Trinajstić information content (AvgIpc) is 3.05. The molecule has 4 heteroatoms. The molecule has 138 valence electrons. The number of carboxylic acid groups (broad SMARTS) is 1. The lowest BCUT2D eigenvalue weighted by Gasteiger charge is -2.10. The summed E-state index contributed by atoms with van der Waals surface area (Å²) in [6.07, 6.45) is 3.45. The maximum atomic E-state index is 10.7. The van der Waals surface area contributed by atoms with Crippen LogP contribution in [0.1, 0.15) is 22.5 Å². The minimum absolute atomic E-state index is 0.713. The second-order valence-electron chi connectivity index (χ2n) is 6.68. The van der Waals surface area contributed by atoms with E-state index in [1.165, 1.54) is 5.56 Å². The fraction of sp³-hybridized carbons (Fsp3) is 0.0833. The van der Waals surface area contributed by atoms with Crippen molar-refractivity contribution in [1.29, 1.82) is 0 Å². The highest BCUT2D eigenvalue weighted by molar-refractivity contribution is 5.85. The van der Waals surface area contributed by atoms with Gasteiger partial charge in [0.2, 0.25) is 0 Å². The molecular formula is C24H20N2O2. The van der Waals surface area contributed by atoms with Gasteiger partial charge in [-0.25, -0.2) is 9.78 Å². The van der Waals surface area contributed by atoms with Gasteiger partial charge in [0.25, 0.3) is 0 Å². The van der Waals surface area contributed by atoms with E-state index >= 15 is 0 Å².